The summed E-state index contributed by atoms with van der Waals surface area (Å²) in [5.41, 5.74) is 8.14. The Balaban J connectivity index is 2.17. The standard InChI is InChI=1S/C15H18N2O2S/c1-12-2-8-15(9-3-12)20(18,19)17-14-6-4-13(5-7-14)10-11-16/h2-9,17H,10-11,16H2,1H3. The predicted molar refractivity (Wildman–Crippen MR) is 81.2 cm³/mol. The molecule has 5 heteroatoms. The van der Waals surface area contributed by atoms with E-state index in [1.54, 1.807) is 36.4 Å². The zero-order valence-corrected chi connectivity index (χ0v) is 12.2. The molecule has 4 nitrogen and oxygen atoms in total. The molecule has 106 valence electrons. The second-order valence-electron chi connectivity index (χ2n) is 4.65. The molecule has 2 rings (SSSR count). The van der Waals surface area contributed by atoms with Crippen LogP contribution >= 0.6 is 0 Å². The largest absolute Gasteiger partial charge is 0.330 e. The van der Waals surface area contributed by atoms with Crippen LogP contribution in [0.3, 0.4) is 0 Å². The van der Waals surface area contributed by atoms with E-state index in [9.17, 15) is 8.42 Å². The van der Waals surface area contributed by atoms with Gasteiger partial charge in [-0.25, -0.2) is 8.42 Å². The van der Waals surface area contributed by atoms with Crippen LogP contribution in [0.4, 0.5) is 5.69 Å². The van der Waals surface area contributed by atoms with E-state index in [0.29, 0.717) is 12.2 Å². The van der Waals surface area contributed by atoms with Gasteiger partial charge in [0.05, 0.1) is 4.90 Å². The van der Waals surface area contributed by atoms with E-state index in [0.717, 1.165) is 17.5 Å². The number of hydrogen-bond acceptors (Lipinski definition) is 3. The highest BCUT2D eigenvalue weighted by molar-refractivity contribution is 7.92. The number of nitrogens with one attached hydrogen (secondary N) is 1. The third kappa shape index (κ3) is 3.59. The lowest BCUT2D eigenvalue weighted by Gasteiger charge is -2.09. The Morgan fingerprint density at radius 2 is 1.60 bits per heavy atom. The molecule has 0 aliphatic rings. The minimum Gasteiger partial charge on any atom is -0.330 e. The average Bonchev–Trinajstić information content (AvgIpc) is 2.41. The van der Waals surface area contributed by atoms with Gasteiger partial charge in [0.15, 0.2) is 0 Å². The minimum absolute atomic E-state index is 0.258. The molecule has 2 aromatic carbocycles. The molecule has 2 aromatic rings. The van der Waals surface area contributed by atoms with Gasteiger partial charge in [-0.15, -0.1) is 0 Å². The van der Waals surface area contributed by atoms with Crippen LogP contribution < -0.4 is 10.5 Å². The minimum atomic E-state index is -3.53. The summed E-state index contributed by atoms with van der Waals surface area (Å²) in [4.78, 5) is 0.258. The summed E-state index contributed by atoms with van der Waals surface area (Å²) in [6.45, 7) is 2.49. The Hall–Kier alpha value is -1.85. The highest BCUT2D eigenvalue weighted by atomic mass is 32.2. The summed E-state index contributed by atoms with van der Waals surface area (Å²) in [6, 6.07) is 14.0. The summed E-state index contributed by atoms with van der Waals surface area (Å²) in [6.07, 6.45) is 0.783. The van der Waals surface area contributed by atoms with Crippen molar-refractivity contribution in [1.29, 1.82) is 0 Å². The summed E-state index contributed by atoms with van der Waals surface area (Å²) in [5, 5.41) is 0. The van der Waals surface area contributed by atoms with E-state index in [1.165, 1.54) is 0 Å². The lowest BCUT2D eigenvalue weighted by Crippen LogP contribution is -2.13. The molecule has 0 aliphatic carbocycles. The first-order valence-electron chi connectivity index (χ1n) is 6.40. The van der Waals surface area contributed by atoms with Crippen molar-refractivity contribution in [2.75, 3.05) is 11.3 Å². The van der Waals surface area contributed by atoms with Gasteiger partial charge in [-0.1, -0.05) is 29.8 Å². The highest BCUT2D eigenvalue weighted by Crippen LogP contribution is 2.17. The Kier molecular flexibility index (Phi) is 4.42. The summed E-state index contributed by atoms with van der Waals surface area (Å²) in [7, 11) is -3.53. The zero-order chi connectivity index (χ0) is 14.6. The number of sulfonamides is 1. The molecular weight excluding hydrogens is 272 g/mol. The maximum Gasteiger partial charge on any atom is 0.261 e. The summed E-state index contributed by atoms with van der Waals surface area (Å²) >= 11 is 0. The molecule has 0 spiro atoms. The molecule has 0 amide bonds. The van der Waals surface area contributed by atoms with E-state index in [4.69, 9.17) is 5.73 Å². The van der Waals surface area contributed by atoms with E-state index < -0.39 is 10.0 Å². The van der Waals surface area contributed by atoms with Crippen molar-refractivity contribution >= 4 is 15.7 Å². The van der Waals surface area contributed by atoms with E-state index in [2.05, 4.69) is 4.72 Å². The zero-order valence-electron chi connectivity index (χ0n) is 11.3. The molecule has 0 bridgehead atoms. The van der Waals surface area contributed by atoms with Crippen molar-refractivity contribution in [2.45, 2.75) is 18.2 Å². The molecule has 0 heterocycles. The van der Waals surface area contributed by atoms with Gasteiger partial charge in [0.25, 0.3) is 10.0 Å². The fourth-order valence-corrected chi connectivity index (χ4v) is 2.90. The number of anilines is 1. The van der Waals surface area contributed by atoms with Crippen LogP contribution in [0.2, 0.25) is 0 Å². The van der Waals surface area contributed by atoms with Crippen LogP contribution in [0, 0.1) is 6.92 Å². The number of hydrogen-bond donors (Lipinski definition) is 2. The average molecular weight is 290 g/mol. The molecule has 0 saturated carbocycles. The Labute approximate surface area is 119 Å². The molecular formula is C15H18N2O2S. The van der Waals surface area contributed by atoms with Crippen molar-refractivity contribution in [3.63, 3.8) is 0 Å². The summed E-state index contributed by atoms with van der Waals surface area (Å²) < 4.78 is 26.9. The third-order valence-electron chi connectivity index (χ3n) is 2.97. The van der Waals surface area contributed by atoms with Crippen LogP contribution in [0.25, 0.3) is 0 Å². The van der Waals surface area contributed by atoms with Crippen molar-refractivity contribution in [2.24, 2.45) is 5.73 Å². The van der Waals surface area contributed by atoms with E-state index >= 15 is 0 Å². The predicted octanol–water partition coefficient (Wildman–Crippen LogP) is 2.30. The number of benzene rings is 2. The molecule has 0 saturated heterocycles. The lowest BCUT2D eigenvalue weighted by atomic mass is 10.1. The highest BCUT2D eigenvalue weighted by Gasteiger charge is 2.13. The van der Waals surface area contributed by atoms with Crippen LogP contribution in [0.1, 0.15) is 11.1 Å². The molecule has 0 fully saturated rings. The topological polar surface area (TPSA) is 72.2 Å². The van der Waals surface area contributed by atoms with E-state index in [1.807, 2.05) is 19.1 Å². The molecule has 0 aromatic heterocycles. The van der Waals surface area contributed by atoms with Crippen molar-refractivity contribution in [3.8, 4) is 0 Å². The first-order valence-corrected chi connectivity index (χ1v) is 7.88. The van der Waals surface area contributed by atoms with Crippen LogP contribution in [-0.4, -0.2) is 15.0 Å². The molecule has 0 aliphatic heterocycles. The van der Waals surface area contributed by atoms with Gasteiger partial charge in [0.2, 0.25) is 0 Å². The van der Waals surface area contributed by atoms with Gasteiger partial charge in [0.1, 0.15) is 0 Å². The fraction of sp³-hybridized carbons (Fsp3) is 0.200. The van der Waals surface area contributed by atoms with Gasteiger partial charge in [-0.3, -0.25) is 4.72 Å². The molecule has 20 heavy (non-hydrogen) atoms. The van der Waals surface area contributed by atoms with Crippen LogP contribution in [0.5, 0.6) is 0 Å². The van der Waals surface area contributed by atoms with Gasteiger partial charge in [-0.05, 0) is 49.7 Å². The third-order valence-corrected chi connectivity index (χ3v) is 4.37. The van der Waals surface area contributed by atoms with Gasteiger partial charge in [0, 0.05) is 5.69 Å². The van der Waals surface area contributed by atoms with Gasteiger partial charge >= 0.3 is 0 Å². The first kappa shape index (κ1) is 14.6. The number of rotatable bonds is 5. The van der Waals surface area contributed by atoms with Crippen molar-refractivity contribution < 1.29 is 8.42 Å². The lowest BCUT2D eigenvalue weighted by molar-refractivity contribution is 0.601. The SMILES string of the molecule is Cc1ccc(S(=O)(=O)Nc2ccc(CCN)cc2)cc1. The van der Waals surface area contributed by atoms with Crippen LogP contribution in [0.15, 0.2) is 53.4 Å². The first-order chi connectivity index (χ1) is 9.51. The van der Waals surface area contributed by atoms with Gasteiger partial charge in [-0.2, -0.15) is 0 Å². The van der Waals surface area contributed by atoms with Crippen LogP contribution in [-0.2, 0) is 16.4 Å². The fourth-order valence-electron chi connectivity index (χ4n) is 1.84. The maximum atomic E-state index is 12.2. The normalized spacial score (nSPS) is 11.3. The molecule has 3 N–H and O–H groups in total. The monoisotopic (exact) mass is 290 g/mol. The summed E-state index contributed by atoms with van der Waals surface area (Å²) in [5.74, 6) is 0. The quantitative estimate of drug-likeness (QED) is 0.887. The van der Waals surface area contributed by atoms with E-state index in [-0.39, 0.29) is 4.90 Å². The number of nitrogens with two attached hydrogens (primary N) is 1. The second-order valence-corrected chi connectivity index (χ2v) is 6.34. The second kappa shape index (κ2) is 6.07. The Bertz CT molecular complexity index is 662. The molecule has 0 unspecified atom stereocenters. The maximum absolute atomic E-state index is 12.2. The Morgan fingerprint density at radius 1 is 1.00 bits per heavy atom. The number of aryl methyl sites for hydroxylation is 1. The van der Waals surface area contributed by atoms with Crippen molar-refractivity contribution in [3.05, 3.63) is 59.7 Å². The Morgan fingerprint density at radius 3 is 2.15 bits per heavy atom. The molecule has 0 atom stereocenters. The smallest absolute Gasteiger partial charge is 0.261 e. The van der Waals surface area contributed by atoms with Gasteiger partial charge < -0.3 is 5.73 Å². The molecule has 0 radical (unpaired) electrons. The van der Waals surface area contributed by atoms with Crippen molar-refractivity contribution in [1.82, 2.24) is 0 Å².